The molecule has 0 aliphatic carbocycles. The first-order valence-electron chi connectivity index (χ1n) is 7.53. The maximum atomic E-state index is 4.48. The smallest absolute Gasteiger partial charge is 0.154 e. The second-order valence-corrected chi connectivity index (χ2v) is 5.79. The number of piperazine rings is 1. The SMILES string of the molecule is Cc1cc(Cc2ccccc2)nnc1N1CCN(C)CC1. The summed E-state index contributed by atoms with van der Waals surface area (Å²) < 4.78 is 0. The Morgan fingerprint density at radius 3 is 2.38 bits per heavy atom. The standard InChI is InChI=1S/C17H22N4/c1-14-12-16(13-15-6-4-3-5-7-15)18-19-17(14)21-10-8-20(2)9-11-21/h3-7,12H,8-11,13H2,1-2H3. The molecule has 1 aromatic heterocycles. The van der Waals surface area contributed by atoms with Gasteiger partial charge in [0.05, 0.1) is 5.69 Å². The number of rotatable bonds is 3. The molecular weight excluding hydrogens is 260 g/mol. The van der Waals surface area contributed by atoms with Gasteiger partial charge in [0, 0.05) is 32.6 Å². The van der Waals surface area contributed by atoms with Crippen molar-refractivity contribution in [1.82, 2.24) is 15.1 Å². The lowest BCUT2D eigenvalue weighted by atomic mass is 10.1. The lowest BCUT2D eigenvalue weighted by Gasteiger charge is -2.33. The third-order valence-electron chi connectivity index (χ3n) is 4.04. The number of aromatic nitrogens is 2. The number of nitrogens with zero attached hydrogens (tertiary/aromatic N) is 4. The average Bonchev–Trinajstić information content (AvgIpc) is 2.50. The van der Waals surface area contributed by atoms with Crippen molar-refractivity contribution in [1.29, 1.82) is 0 Å². The van der Waals surface area contributed by atoms with Crippen LogP contribution in [0, 0.1) is 6.92 Å². The van der Waals surface area contributed by atoms with Gasteiger partial charge >= 0.3 is 0 Å². The number of hydrogen-bond acceptors (Lipinski definition) is 4. The van der Waals surface area contributed by atoms with E-state index in [2.05, 4.69) is 64.3 Å². The molecule has 4 nitrogen and oxygen atoms in total. The fraction of sp³-hybridized carbons (Fsp3) is 0.412. The van der Waals surface area contributed by atoms with Crippen LogP contribution in [0.4, 0.5) is 5.82 Å². The van der Waals surface area contributed by atoms with E-state index in [-0.39, 0.29) is 0 Å². The summed E-state index contributed by atoms with van der Waals surface area (Å²) in [5, 5.41) is 8.90. The minimum atomic E-state index is 0.845. The van der Waals surface area contributed by atoms with E-state index in [1.807, 2.05) is 6.07 Å². The Morgan fingerprint density at radius 1 is 1.00 bits per heavy atom. The van der Waals surface area contributed by atoms with Gasteiger partial charge in [-0.25, -0.2) is 0 Å². The molecule has 4 heteroatoms. The molecule has 0 atom stereocenters. The van der Waals surface area contributed by atoms with Gasteiger partial charge in [0.1, 0.15) is 0 Å². The Balaban J connectivity index is 1.74. The van der Waals surface area contributed by atoms with Crippen LogP contribution in [0.1, 0.15) is 16.8 Å². The van der Waals surface area contributed by atoms with Crippen LogP contribution in [0.2, 0.25) is 0 Å². The number of likely N-dealkylation sites (N-methyl/N-ethyl adjacent to an activating group) is 1. The van der Waals surface area contributed by atoms with E-state index in [1.54, 1.807) is 0 Å². The van der Waals surface area contributed by atoms with E-state index in [0.717, 1.165) is 44.1 Å². The Kier molecular flexibility index (Phi) is 4.15. The van der Waals surface area contributed by atoms with E-state index >= 15 is 0 Å². The zero-order valence-electron chi connectivity index (χ0n) is 12.8. The molecule has 0 spiro atoms. The first-order chi connectivity index (χ1) is 10.2. The lowest BCUT2D eigenvalue weighted by Crippen LogP contribution is -2.45. The quantitative estimate of drug-likeness (QED) is 0.863. The summed E-state index contributed by atoms with van der Waals surface area (Å²) in [6.07, 6.45) is 0.845. The zero-order valence-corrected chi connectivity index (χ0v) is 12.8. The molecule has 1 saturated heterocycles. The Labute approximate surface area is 126 Å². The molecule has 0 bridgehead atoms. The highest BCUT2D eigenvalue weighted by atomic mass is 15.3. The molecule has 21 heavy (non-hydrogen) atoms. The van der Waals surface area contributed by atoms with Crippen LogP contribution >= 0.6 is 0 Å². The van der Waals surface area contributed by atoms with E-state index in [4.69, 9.17) is 0 Å². The number of anilines is 1. The fourth-order valence-electron chi connectivity index (χ4n) is 2.76. The van der Waals surface area contributed by atoms with Crippen LogP contribution in [0.15, 0.2) is 36.4 Å². The summed E-state index contributed by atoms with van der Waals surface area (Å²) in [5.41, 5.74) is 3.54. The minimum Gasteiger partial charge on any atom is -0.352 e. The van der Waals surface area contributed by atoms with Gasteiger partial charge in [-0.3, -0.25) is 0 Å². The number of aryl methyl sites for hydroxylation is 1. The van der Waals surface area contributed by atoms with Crippen molar-refractivity contribution in [3.63, 3.8) is 0 Å². The second-order valence-electron chi connectivity index (χ2n) is 5.79. The molecule has 1 aliphatic rings. The zero-order chi connectivity index (χ0) is 14.7. The summed E-state index contributed by atoms with van der Waals surface area (Å²) in [4.78, 5) is 4.69. The van der Waals surface area contributed by atoms with Gasteiger partial charge in [0.2, 0.25) is 0 Å². The summed E-state index contributed by atoms with van der Waals surface area (Å²) >= 11 is 0. The topological polar surface area (TPSA) is 32.3 Å². The van der Waals surface area contributed by atoms with Gasteiger partial charge in [0.25, 0.3) is 0 Å². The van der Waals surface area contributed by atoms with Gasteiger partial charge in [-0.15, -0.1) is 5.10 Å². The summed E-state index contributed by atoms with van der Waals surface area (Å²) in [6.45, 7) is 6.38. The van der Waals surface area contributed by atoms with Crippen molar-refractivity contribution in [3.05, 3.63) is 53.2 Å². The predicted molar refractivity (Wildman–Crippen MR) is 85.7 cm³/mol. The molecular formula is C17H22N4. The summed E-state index contributed by atoms with van der Waals surface area (Å²) in [6, 6.07) is 12.6. The van der Waals surface area contributed by atoms with E-state index in [0.29, 0.717) is 0 Å². The average molecular weight is 282 g/mol. The van der Waals surface area contributed by atoms with Crippen molar-refractivity contribution in [2.24, 2.45) is 0 Å². The maximum Gasteiger partial charge on any atom is 0.154 e. The van der Waals surface area contributed by atoms with Crippen LogP contribution < -0.4 is 4.90 Å². The van der Waals surface area contributed by atoms with Crippen molar-refractivity contribution in [2.45, 2.75) is 13.3 Å². The molecule has 0 radical (unpaired) electrons. The fourth-order valence-corrected chi connectivity index (χ4v) is 2.76. The maximum absolute atomic E-state index is 4.48. The molecule has 2 aromatic rings. The predicted octanol–water partition coefficient (Wildman–Crippen LogP) is 2.13. The monoisotopic (exact) mass is 282 g/mol. The highest BCUT2D eigenvalue weighted by Crippen LogP contribution is 2.19. The molecule has 0 N–H and O–H groups in total. The number of hydrogen-bond donors (Lipinski definition) is 0. The Hall–Kier alpha value is -1.94. The van der Waals surface area contributed by atoms with Crippen LogP contribution in [0.5, 0.6) is 0 Å². The molecule has 110 valence electrons. The van der Waals surface area contributed by atoms with Gasteiger partial charge in [-0.2, -0.15) is 5.10 Å². The largest absolute Gasteiger partial charge is 0.352 e. The van der Waals surface area contributed by atoms with Crippen LogP contribution in [0.3, 0.4) is 0 Å². The molecule has 1 fully saturated rings. The van der Waals surface area contributed by atoms with Gasteiger partial charge in [-0.1, -0.05) is 30.3 Å². The molecule has 1 aromatic carbocycles. The molecule has 0 unspecified atom stereocenters. The lowest BCUT2D eigenvalue weighted by molar-refractivity contribution is 0.311. The molecule has 1 aliphatic heterocycles. The third-order valence-corrected chi connectivity index (χ3v) is 4.04. The molecule has 3 rings (SSSR count). The van der Waals surface area contributed by atoms with Gasteiger partial charge in [0.15, 0.2) is 5.82 Å². The van der Waals surface area contributed by atoms with Crippen LogP contribution in [-0.2, 0) is 6.42 Å². The van der Waals surface area contributed by atoms with E-state index in [9.17, 15) is 0 Å². The van der Waals surface area contributed by atoms with Crippen molar-refractivity contribution >= 4 is 5.82 Å². The Morgan fingerprint density at radius 2 is 1.71 bits per heavy atom. The Bertz CT molecular complexity index is 589. The molecule has 2 heterocycles. The van der Waals surface area contributed by atoms with Crippen molar-refractivity contribution in [3.8, 4) is 0 Å². The van der Waals surface area contributed by atoms with Crippen LogP contribution in [-0.4, -0.2) is 48.3 Å². The van der Waals surface area contributed by atoms with Crippen molar-refractivity contribution < 1.29 is 0 Å². The normalized spacial score (nSPS) is 16.2. The first-order valence-corrected chi connectivity index (χ1v) is 7.53. The third kappa shape index (κ3) is 3.39. The minimum absolute atomic E-state index is 0.845. The second kappa shape index (κ2) is 6.22. The van der Waals surface area contributed by atoms with E-state index in [1.165, 1.54) is 11.1 Å². The molecule has 0 saturated carbocycles. The van der Waals surface area contributed by atoms with Gasteiger partial charge < -0.3 is 9.80 Å². The highest BCUT2D eigenvalue weighted by Gasteiger charge is 2.17. The molecule has 0 amide bonds. The summed E-state index contributed by atoms with van der Waals surface area (Å²) in [5.74, 6) is 1.04. The van der Waals surface area contributed by atoms with Crippen molar-refractivity contribution in [2.75, 3.05) is 38.1 Å². The van der Waals surface area contributed by atoms with Gasteiger partial charge in [-0.05, 0) is 31.2 Å². The van der Waals surface area contributed by atoms with E-state index < -0.39 is 0 Å². The van der Waals surface area contributed by atoms with Crippen LogP contribution in [0.25, 0.3) is 0 Å². The summed E-state index contributed by atoms with van der Waals surface area (Å²) in [7, 11) is 2.17. The first kappa shape index (κ1) is 14.0. The number of benzene rings is 1. The highest BCUT2D eigenvalue weighted by molar-refractivity contribution is 5.46.